The smallest absolute Gasteiger partial charge is 0.228 e. The predicted molar refractivity (Wildman–Crippen MR) is 114 cm³/mol. The van der Waals surface area contributed by atoms with Crippen molar-refractivity contribution in [3.05, 3.63) is 35.9 Å². The molecule has 4 rings (SSSR count). The SMILES string of the molecule is O=C(NCCC1=CCCCC1)C1CC1C(=O)Nc1ccccc1N1CCOCC1. The van der Waals surface area contributed by atoms with Gasteiger partial charge in [-0.05, 0) is 50.7 Å². The van der Waals surface area contributed by atoms with E-state index in [1.165, 1.54) is 24.8 Å². The van der Waals surface area contributed by atoms with Crippen molar-refractivity contribution in [3.63, 3.8) is 0 Å². The van der Waals surface area contributed by atoms with Crippen LogP contribution in [0.4, 0.5) is 11.4 Å². The number of amides is 2. The first kappa shape index (κ1) is 20.0. The van der Waals surface area contributed by atoms with Gasteiger partial charge in [-0.3, -0.25) is 9.59 Å². The molecule has 0 radical (unpaired) electrons. The number of allylic oxidation sites excluding steroid dienone is 1. The van der Waals surface area contributed by atoms with Crippen molar-refractivity contribution in [1.29, 1.82) is 0 Å². The monoisotopic (exact) mass is 397 g/mol. The van der Waals surface area contributed by atoms with Crippen LogP contribution in [0.25, 0.3) is 0 Å². The van der Waals surface area contributed by atoms with Crippen LogP contribution in [0.5, 0.6) is 0 Å². The molecule has 2 amide bonds. The zero-order chi connectivity index (χ0) is 20.1. The number of nitrogens with one attached hydrogen (secondary N) is 2. The summed E-state index contributed by atoms with van der Waals surface area (Å²) in [4.78, 5) is 27.3. The molecule has 6 heteroatoms. The summed E-state index contributed by atoms with van der Waals surface area (Å²) in [7, 11) is 0. The van der Waals surface area contributed by atoms with Gasteiger partial charge in [0.05, 0.1) is 36.4 Å². The van der Waals surface area contributed by atoms with Crippen LogP contribution < -0.4 is 15.5 Å². The third kappa shape index (κ3) is 5.18. The molecule has 0 bridgehead atoms. The first-order valence-corrected chi connectivity index (χ1v) is 10.9. The summed E-state index contributed by atoms with van der Waals surface area (Å²) in [6.07, 6.45) is 8.75. The Morgan fingerprint density at radius 1 is 1.07 bits per heavy atom. The summed E-state index contributed by atoms with van der Waals surface area (Å²) in [6.45, 7) is 3.71. The molecule has 0 spiro atoms. The molecule has 1 saturated heterocycles. The lowest BCUT2D eigenvalue weighted by Gasteiger charge is -2.30. The summed E-state index contributed by atoms with van der Waals surface area (Å²) in [5.74, 6) is -0.448. The Morgan fingerprint density at radius 2 is 1.86 bits per heavy atom. The summed E-state index contributed by atoms with van der Waals surface area (Å²) in [6, 6.07) is 7.86. The first-order valence-electron chi connectivity index (χ1n) is 10.9. The van der Waals surface area contributed by atoms with E-state index in [2.05, 4.69) is 21.6 Å². The lowest BCUT2D eigenvalue weighted by molar-refractivity contribution is -0.125. The zero-order valence-corrected chi connectivity index (χ0v) is 17.0. The summed E-state index contributed by atoms with van der Waals surface area (Å²) >= 11 is 0. The molecule has 1 saturated carbocycles. The number of rotatable bonds is 7. The van der Waals surface area contributed by atoms with Gasteiger partial charge in [0, 0.05) is 19.6 Å². The van der Waals surface area contributed by atoms with Gasteiger partial charge in [-0.1, -0.05) is 23.8 Å². The number of carbonyl (C=O) groups is 2. The largest absolute Gasteiger partial charge is 0.378 e. The number of nitrogens with zero attached hydrogens (tertiary/aromatic N) is 1. The second-order valence-corrected chi connectivity index (χ2v) is 8.20. The molecule has 1 heterocycles. The Labute approximate surface area is 172 Å². The lowest BCUT2D eigenvalue weighted by Crippen LogP contribution is -2.36. The molecule has 1 aliphatic heterocycles. The average molecular weight is 398 g/mol. The van der Waals surface area contributed by atoms with Gasteiger partial charge in [0.2, 0.25) is 11.8 Å². The molecular formula is C23H31N3O3. The van der Waals surface area contributed by atoms with Gasteiger partial charge in [0.25, 0.3) is 0 Å². The van der Waals surface area contributed by atoms with E-state index >= 15 is 0 Å². The summed E-state index contributed by atoms with van der Waals surface area (Å²) in [5, 5.41) is 6.07. The molecule has 6 nitrogen and oxygen atoms in total. The normalized spacial score (nSPS) is 23.9. The second-order valence-electron chi connectivity index (χ2n) is 8.20. The van der Waals surface area contributed by atoms with Gasteiger partial charge < -0.3 is 20.3 Å². The maximum Gasteiger partial charge on any atom is 0.228 e. The van der Waals surface area contributed by atoms with E-state index in [1.54, 1.807) is 0 Å². The molecule has 3 aliphatic rings. The topological polar surface area (TPSA) is 70.7 Å². The van der Waals surface area contributed by atoms with Gasteiger partial charge in [-0.15, -0.1) is 0 Å². The average Bonchev–Trinajstić information content (AvgIpc) is 3.57. The number of hydrogen-bond donors (Lipinski definition) is 2. The minimum Gasteiger partial charge on any atom is -0.378 e. The van der Waals surface area contributed by atoms with Crippen LogP contribution in [-0.2, 0) is 14.3 Å². The lowest BCUT2D eigenvalue weighted by atomic mass is 9.97. The van der Waals surface area contributed by atoms with E-state index in [9.17, 15) is 9.59 Å². The van der Waals surface area contributed by atoms with E-state index in [-0.39, 0.29) is 23.7 Å². The number of carbonyl (C=O) groups excluding carboxylic acids is 2. The van der Waals surface area contributed by atoms with E-state index in [1.807, 2.05) is 24.3 Å². The molecular weight excluding hydrogens is 366 g/mol. The summed E-state index contributed by atoms with van der Waals surface area (Å²) in [5.41, 5.74) is 3.29. The van der Waals surface area contributed by atoms with Gasteiger partial charge in [-0.25, -0.2) is 0 Å². The third-order valence-corrected chi connectivity index (χ3v) is 6.11. The van der Waals surface area contributed by atoms with Gasteiger partial charge in [0.15, 0.2) is 0 Å². The first-order chi connectivity index (χ1) is 14.2. The maximum absolute atomic E-state index is 12.7. The van der Waals surface area contributed by atoms with Crippen molar-refractivity contribution in [1.82, 2.24) is 5.32 Å². The van der Waals surface area contributed by atoms with Crippen LogP contribution in [0, 0.1) is 11.8 Å². The molecule has 1 aromatic rings. The molecule has 2 fully saturated rings. The Bertz CT molecular complexity index is 770. The molecule has 2 unspecified atom stereocenters. The highest BCUT2D eigenvalue weighted by atomic mass is 16.5. The molecule has 1 aromatic carbocycles. The van der Waals surface area contributed by atoms with Crippen LogP contribution in [0.3, 0.4) is 0 Å². The van der Waals surface area contributed by atoms with Crippen molar-refractivity contribution >= 4 is 23.2 Å². The number of hydrogen-bond acceptors (Lipinski definition) is 4. The van der Waals surface area contributed by atoms with Gasteiger partial charge >= 0.3 is 0 Å². The highest BCUT2D eigenvalue weighted by Gasteiger charge is 2.48. The standard InChI is InChI=1S/C23H31N3O3/c27-22(24-11-10-17-6-2-1-3-7-17)18-16-19(18)23(28)25-20-8-4-5-9-21(20)26-12-14-29-15-13-26/h4-6,8-9,18-19H,1-3,7,10-16H2,(H,24,27)(H,25,28). The molecule has 2 aliphatic carbocycles. The maximum atomic E-state index is 12.7. The molecule has 0 aromatic heterocycles. The van der Waals surface area contributed by atoms with Crippen molar-refractivity contribution in [2.45, 2.75) is 38.5 Å². The van der Waals surface area contributed by atoms with Crippen molar-refractivity contribution in [3.8, 4) is 0 Å². The predicted octanol–water partition coefficient (Wildman–Crippen LogP) is 3.10. The Morgan fingerprint density at radius 3 is 2.66 bits per heavy atom. The van der Waals surface area contributed by atoms with Crippen LogP contribution in [0.2, 0.25) is 0 Å². The van der Waals surface area contributed by atoms with Crippen molar-refractivity contribution in [2.24, 2.45) is 11.8 Å². The van der Waals surface area contributed by atoms with E-state index in [0.29, 0.717) is 26.2 Å². The molecule has 2 atom stereocenters. The molecule has 156 valence electrons. The van der Waals surface area contributed by atoms with Crippen molar-refractivity contribution in [2.75, 3.05) is 43.1 Å². The number of anilines is 2. The Hall–Kier alpha value is -2.34. The minimum absolute atomic E-state index is 0.0167. The number of ether oxygens (including phenoxy) is 1. The fraction of sp³-hybridized carbons (Fsp3) is 0.565. The zero-order valence-electron chi connectivity index (χ0n) is 17.0. The summed E-state index contributed by atoms with van der Waals surface area (Å²) < 4.78 is 5.42. The minimum atomic E-state index is -0.221. The second kappa shape index (κ2) is 9.44. The number of para-hydroxylation sites is 2. The Kier molecular flexibility index (Phi) is 6.49. The fourth-order valence-corrected chi connectivity index (χ4v) is 4.27. The van der Waals surface area contributed by atoms with E-state index < -0.39 is 0 Å². The van der Waals surface area contributed by atoms with Crippen molar-refractivity contribution < 1.29 is 14.3 Å². The van der Waals surface area contributed by atoms with Gasteiger partial charge in [-0.2, -0.15) is 0 Å². The number of benzene rings is 1. The van der Waals surface area contributed by atoms with Crippen LogP contribution in [-0.4, -0.2) is 44.7 Å². The highest BCUT2D eigenvalue weighted by Crippen LogP contribution is 2.40. The van der Waals surface area contributed by atoms with Crippen LogP contribution in [0.15, 0.2) is 35.9 Å². The Balaban J connectivity index is 1.26. The van der Waals surface area contributed by atoms with Crippen LogP contribution >= 0.6 is 0 Å². The van der Waals surface area contributed by atoms with Gasteiger partial charge in [0.1, 0.15) is 0 Å². The highest BCUT2D eigenvalue weighted by molar-refractivity contribution is 6.01. The van der Waals surface area contributed by atoms with Crippen LogP contribution in [0.1, 0.15) is 38.5 Å². The van der Waals surface area contributed by atoms with E-state index in [0.717, 1.165) is 37.3 Å². The molecule has 2 N–H and O–H groups in total. The number of morpholine rings is 1. The quantitative estimate of drug-likeness (QED) is 0.694. The third-order valence-electron chi connectivity index (χ3n) is 6.11. The van der Waals surface area contributed by atoms with E-state index in [4.69, 9.17) is 4.74 Å². The molecule has 29 heavy (non-hydrogen) atoms. The fourth-order valence-electron chi connectivity index (χ4n) is 4.27.